The third kappa shape index (κ3) is 0.699. The zero-order valence-electron chi connectivity index (χ0n) is 5.15. The highest BCUT2D eigenvalue weighted by Crippen LogP contribution is 1.95. The van der Waals surface area contributed by atoms with Gasteiger partial charge < -0.3 is 0 Å². The van der Waals surface area contributed by atoms with Crippen molar-refractivity contribution in [2.45, 2.75) is 0 Å². The molecular weight excluding hydrogens is 128 g/mol. The van der Waals surface area contributed by atoms with E-state index < -0.39 is 0 Å². The lowest BCUT2D eigenvalue weighted by atomic mass is 10.5. The molecule has 0 aliphatic heterocycles. The Bertz CT molecular complexity index is 281. The maximum absolute atomic E-state index is 4.05. The zero-order valence-corrected chi connectivity index (χ0v) is 5.15. The van der Waals surface area contributed by atoms with Crippen molar-refractivity contribution in [3.63, 3.8) is 0 Å². The molecule has 0 fully saturated rings. The molecule has 48 valence electrons. The first kappa shape index (κ1) is 5.22. The number of H-pyrrole nitrogens is 1. The summed E-state index contributed by atoms with van der Waals surface area (Å²) in [4.78, 5) is 6.96. The van der Waals surface area contributed by atoms with E-state index >= 15 is 0 Å². The van der Waals surface area contributed by atoms with Crippen LogP contribution in [0.2, 0.25) is 0 Å². The summed E-state index contributed by atoms with van der Waals surface area (Å²) in [5, 5.41) is 7.50. The summed E-state index contributed by atoms with van der Waals surface area (Å²) in [6.45, 7) is 0. The van der Waals surface area contributed by atoms with Gasteiger partial charge in [0.1, 0.15) is 6.20 Å². The molecule has 2 aromatic heterocycles. The molecule has 0 atom stereocenters. The van der Waals surface area contributed by atoms with E-state index in [4.69, 9.17) is 0 Å². The van der Waals surface area contributed by atoms with Gasteiger partial charge in [-0.05, 0) is 11.2 Å². The summed E-state index contributed by atoms with van der Waals surface area (Å²) >= 11 is 0. The van der Waals surface area contributed by atoms with Gasteiger partial charge in [-0.1, -0.05) is 0 Å². The number of nitrogens with one attached hydrogen (secondary N) is 1. The van der Waals surface area contributed by atoms with E-state index in [0.29, 0.717) is 5.65 Å². The van der Waals surface area contributed by atoms with Gasteiger partial charge in [0, 0.05) is 0 Å². The molecule has 1 N–H and O–H groups in total. The maximum atomic E-state index is 4.05. The quantitative estimate of drug-likeness (QED) is 0.501. The van der Waals surface area contributed by atoms with Crippen LogP contribution in [0.4, 0.5) is 0 Å². The van der Waals surface area contributed by atoms with Gasteiger partial charge in [-0.25, -0.2) is 9.97 Å². The van der Waals surface area contributed by atoms with Crippen LogP contribution in [0.5, 0.6) is 0 Å². The lowest BCUT2D eigenvalue weighted by molar-refractivity contribution is -0.348. The Labute approximate surface area is 57.0 Å². The van der Waals surface area contributed by atoms with Crippen molar-refractivity contribution in [2.75, 3.05) is 0 Å². The van der Waals surface area contributed by atoms with Crippen LogP contribution in [0.1, 0.15) is 0 Å². The molecule has 4 heteroatoms. The van der Waals surface area contributed by atoms with E-state index in [1.807, 2.05) is 0 Å². The predicted molar refractivity (Wildman–Crippen MR) is 33.9 cm³/mol. The first-order valence-electron chi connectivity index (χ1n) is 2.91. The average molecular weight is 133 g/mol. The van der Waals surface area contributed by atoms with Gasteiger partial charge in [-0.2, -0.15) is 0 Å². The van der Waals surface area contributed by atoms with E-state index in [9.17, 15) is 0 Å². The molecule has 0 amide bonds. The summed E-state index contributed by atoms with van der Waals surface area (Å²) in [5.74, 6) is 0. The third-order valence-corrected chi connectivity index (χ3v) is 1.21. The number of hydrogen-bond acceptors (Lipinski definition) is 3. The normalized spacial score (nSPS) is 10.0. The Hall–Kier alpha value is -1.58. The number of hydrogen-bond donors (Lipinski definition) is 0. The molecule has 0 radical (unpaired) electrons. The molecule has 2 rings (SSSR count). The number of nitrogens with zero attached hydrogens (tertiary/aromatic N) is 3. The third-order valence-electron chi connectivity index (χ3n) is 1.21. The topological polar surface area (TPSA) is 52.8 Å². The average Bonchev–Trinajstić information content (AvgIpc) is 2.05. The fraction of sp³-hybridized carbons (Fsp3) is 0. The predicted octanol–water partition coefficient (Wildman–Crippen LogP) is -0.161. The Morgan fingerprint density at radius 3 is 3.20 bits per heavy atom. The minimum atomic E-state index is 0.713. The number of rotatable bonds is 0. The summed E-state index contributed by atoms with van der Waals surface area (Å²) < 4.78 is 0. The first-order valence-corrected chi connectivity index (χ1v) is 2.91. The second-order valence-electron chi connectivity index (χ2n) is 1.85. The molecule has 0 saturated heterocycles. The largest absolute Gasteiger partial charge is 0.374 e. The smallest absolute Gasteiger partial charge is 0.244 e. The van der Waals surface area contributed by atoms with Crippen LogP contribution in [0, 0.1) is 0 Å². The molecule has 0 aromatic carbocycles. The van der Waals surface area contributed by atoms with Crippen molar-refractivity contribution < 1.29 is 4.98 Å². The van der Waals surface area contributed by atoms with Crippen LogP contribution in [-0.4, -0.2) is 15.2 Å². The highest BCUT2D eigenvalue weighted by atomic mass is 15.1. The van der Waals surface area contributed by atoms with Crippen LogP contribution >= 0.6 is 0 Å². The fourth-order valence-corrected chi connectivity index (χ4v) is 0.766. The highest BCUT2D eigenvalue weighted by Gasteiger charge is 1.99. The zero-order chi connectivity index (χ0) is 6.81. The summed E-state index contributed by atoms with van der Waals surface area (Å²) in [5.41, 5.74) is 1.54. The molecule has 0 aliphatic rings. The van der Waals surface area contributed by atoms with Crippen molar-refractivity contribution >= 4 is 11.2 Å². The second kappa shape index (κ2) is 1.98. The minimum Gasteiger partial charge on any atom is -0.244 e. The van der Waals surface area contributed by atoms with E-state index in [0.717, 1.165) is 5.52 Å². The van der Waals surface area contributed by atoms with Gasteiger partial charge in [0.05, 0.1) is 17.5 Å². The Kier molecular flexibility index (Phi) is 1.04. The number of fused-ring (bicyclic) bond motifs is 1. The number of aromatic amines is 1. The molecule has 2 heterocycles. The second-order valence-corrected chi connectivity index (χ2v) is 1.85. The van der Waals surface area contributed by atoms with E-state index in [-0.39, 0.29) is 0 Å². The molecule has 0 bridgehead atoms. The van der Waals surface area contributed by atoms with Gasteiger partial charge in [0.2, 0.25) is 0 Å². The van der Waals surface area contributed by atoms with Gasteiger partial charge in [-0.3, -0.25) is 0 Å². The van der Waals surface area contributed by atoms with Gasteiger partial charge in [0.25, 0.3) is 0 Å². The lowest BCUT2D eigenvalue weighted by Gasteiger charge is -1.81. The highest BCUT2D eigenvalue weighted by molar-refractivity contribution is 5.63. The summed E-state index contributed by atoms with van der Waals surface area (Å²) in [6.07, 6.45) is 5.02. The van der Waals surface area contributed by atoms with Crippen LogP contribution in [0.15, 0.2) is 24.7 Å². The van der Waals surface area contributed by atoms with Crippen molar-refractivity contribution in [2.24, 2.45) is 0 Å². The number of aromatic nitrogens is 4. The van der Waals surface area contributed by atoms with Crippen LogP contribution < -0.4 is 4.98 Å². The van der Waals surface area contributed by atoms with Crippen LogP contribution in [-0.2, 0) is 0 Å². The summed E-state index contributed by atoms with van der Waals surface area (Å²) in [7, 11) is 0. The van der Waals surface area contributed by atoms with Gasteiger partial charge in [-0.15, -0.1) is 0 Å². The van der Waals surface area contributed by atoms with Gasteiger partial charge >= 0.3 is 5.65 Å². The molecule has 0 saturated carbocycles. The van der Waals surface area contributed by atoms with Crippen LogP contribution in [0.25, 0.3) is 11.2 Å². The molecule has 0 aliphatic carbocycles. The fourth-order valence-electron chi connectivity index (χ4n) is 0.766. The maximum Gasteiger partial charge on any atom is 0.374 e. The molecule has 0 unspecified atom stereocenters. The van der Waals surface area contributed by atoms with E-state index in [1.54, 1.807) is 24.7 Å². The van der Waals surface area contributed by atoms with Crippen molar-refractivity contribution in [3.05, 3.63) is 24.7 Å². The minimum absolute atomic E-state index is 0.713. The molecule has 2 aromatic rings. The van der Waals surface area contributed by atoms with Crippen molar-refractivity contribution in [1.82, 2.24) is 15.2 Å². The Morgan fingerprint density at radius 1 is 1.30 bits per heavy atom. The molecule has 4 nitrogen and oxygen atoms in total. The SMILES string of the molecule is c1cc2ncc[nH+]c2nn1. The standard InChI is InChI=1S/C6H4N4/c1-2-9-10-6-5(1)7-3-4-8-6/h1-4H/p+1. The van der Waals surface area contributed by atoms with Crippen LogP contribution in [0.3, 0.4) is 0 Å². The van der Waals surface area contributed by atoms with Crippen molar-refractivity contribution in [3.8, 4) is 0 Å². The first-order chi connectivity index (χ1) is 4.97. The lowest BCUT2D eigenvalue weighted by Crippen LogP contribution is -2.05. The van der Waals surface area contributed by atoms with Gasteiger partial charge in [0.15, 0.2) is 5.52 Å². The molecule has 10 heavy (non-hydrogen) atoms. The monoisotopic (exact) mass is 133 g/mol. The molecular formula is C6H5N4+. The van der Waals surface area contributed by atoms with Crippen molar-refractivity contribution in [1.29, 1.82) is 0 Å². The Balaban J connectivity index is 2.89. The van der Waals surface area contributed by atoms with E-state index in [1.165, 1.54) is 0 Å². The van der Waals surface area contributed by atoms with E-state index in [2.05, 4.69) is 20.2 Å². The summed E-state index contributed by atoms with van der Waals surface area (Å²) in [6, 6.07) is 1.80. The Morgan fingerprint density at radius 2 is 2.30 bits per heavy atom. The molecule has 0 spiro atoms.